The Morgan fingerprint density at radius 1 is 1.22 bits per heavy atom. The molecule has 0 bridgehead atoms. The Balaban J connectivity index is 1.98. The molecule has 8 nitrogen and oxygen atoms in total. The highest BCUT2D eigenvalue weighted by atomic mass is 35.5. The van der Waals surface area contributed by atoms with Gasteiger partial charge in [-0.2, -0.15) is 10.4 Å². The van der Waals surface area contributed by atoms with Crippen LogP contribution in [0.1, 0.15) is 16.1 Å². The van der Waals surface area contributed by atoms with Crippen molar-refractivity contribution >= 4 is 39.9 Å². The van der Waals surface area contributed by atoms with Gasteiger partial charge in [0.2, 0.25) is 5.91 Å². The summed E-state index contributed by atoms with van der Waals surface area (Å²) in [5.74, 6) is -2.25. The van der Waals surface area contributed by atoms with E-state index in [1.165, 1.54) is 30.3 Å². The van der Waals surface area contributed by atoms with Crippen LogP contribution in [0.2, 0.25) is 5.02 Å². The van der Waals surface area contributed by atoms with Crippen LogP contribution in [0, 0.1) is 11.3 Å². The third kappa shape index (κ3) is 3.63. The molecule has 1 amide bonds. The molecular formula is C18H10ClN4O4-. The van der Waals surface area contributed by atoms with E-state index in [0.717, 1.165) is 4.68 Å². The molecule has 27 heavy (non-hydrogen) atoms. The average Bonchev–Trinajstić information content (AvgIpc) is 2.64. The van der Waals surface area contributed by atoms with Crippen molar-refractivity contribution in [2.45, 2.75) is 6.54 Å². The number of carbonyl (C=O) groups excluding carboxylic acids is 2. The topological polar surface area (TPSA) is 128 Å². The Hall–Kier alpha value is -3.70. The first-order valence-electron chi connectivity index (χ1n) is 7.61. The average molecular weight is 382 g/mol. The fourth-order valence-electron chi connectivity index (χ4n) is 2.54. The van der Waals surface area contributed by atoms with Crippen LogP contribution in [0.4, 0.5) is 5.69 Å². The van der Waals surface area contributed by atoms with Crippen LogP contribution in [-0.2, 0) is 11.3 Å². The molecule has 1 aromatic heterocycles. The SMILES string of the molecule is N#Cc1ccc(Cl)cc1NC(=O)Cn1nc(C(=O)[O-])c2ccccc2c1=O. The third-order valence-electron chi connectivity index (χ3n) is 3.73. The number of anilines is 1. The van der Waals surface area contributed by atoms with Gasteiger partial charge in [0.05, 0.1) is 22.6 Å². The van der Waals surface area contributed by atoms with Gasteiger partial charge in [0, 0.05) is 10.4 Å². The molecule has 0 spiro atoms. The largest absolute Gasteiger partial charge is 0.543 e. The minimum Gasteiger partial charge on any atom is -0.543 e. The predicted octanol–water partition coefficient (Wildman–Crippen LogP) is 0.924. The predicted molar refractivity (Wildman–Crippen MR) is 95.1 cm³/mol. The summed E-state index contributed by atoms with van der Waals surface area (Å²) in [7, 11) is 0. The van der Waals surface area contributed by atoms with Crippen LogP contribution < -0.4 is 16.0 Å². The van der Waals surface area contributed by atoms with E-state index in [1.807, 2.05) is 6.07 Å². The van der Waals surface area contributed by atoms with Gasteiger partial charge in [-0.3, -0.25) is 9.59 Å². The molecule has 3 rings (SSSR count). The second-order valence-electron chi connectivity index (χ2n) is 5.49. The van der Waals surface area contributed by atoms with E-state index in [9.17, 15) is 19.5 Å². The van der Waals surface area contributed by atoms with Gasteiger partial charge in [-0.05, 0) is 24.3 Å². The molecule has 0 aliphatic rings. The number of aromatic nitrogens is 2. The smallest absolute Gasteiger partial charge is 0.275 e. The standard InChI is InChI=1S/C18H11ClN4O4/c19-11-6-5-10(8-20)14(7-11)21-15(24)9-23-17(25)13-4-2-1-3-12(13)16(22-23)18(26)27/h1-7H,9H2,(H,21,24)(H,26,27)/p-1. The number of carbonyl (C=O) groups is 2. The van der Waals surface area contributed by atoms with Crippen LogP contribution in [0.5, 0.6) is 0 Å². The van der Waals surface area contributed by atoms with Gasteiger partial charge < -0.3 is 15.2 Å². The Morgan fingerprint density at radius 3 is 2.59 bits per heavy atom. The molecule has 0 saturated carbocycles. The zero-order chi connectivity index (χ0) is 19.6. The van der Waals surface area contributed by atoms with Gasteiger partial charge in [0.1, 0.15) is 18.3 Å². The number of halogens is 1. The van der Waals surface area contributed by atoms with Crippen LogP contribution >= 0.6 is 11.6 Å². The summed E-state index contributed by atoms with van der Waals surface area (Å²) in [5.41, 5.74) is -0.721. The fraction of sp³-hybridized carbons (Fsp3) is 0.0556. The number of nitrogens with zero attached hydrogens (tertiary/aromatic N) is 3. The number of hydrogen-bond acceptors (Lipinski definition) is 6. The summed E-state index contributed by atoms with van der Waals surface area (Å²) in [5, 5.41) is 27.2. The van der Waals surface area contributed by atoms with Crippen molar-refractivity contribution in [3.05, 3.63) is 69.1 Å². The summed E-state index contributed by atoms with van der Waals surface area (Å²) >= 11 is 5.86. The molecule has 2 aromatic carbocycles. The number of carboxylic acids is 1. The minimum absolute atomic E-state index is 0.0972. The summed E-state index contributed by atoms with van der Waals surface area (Å²) in [6, 6.07) is 12.2. The molecule has 0 fully saturated rings. The van der Waals surface area contributed by atoms with Crippen molar-refractivity contribution in [2.75, 3.05) is 5.32 Å². The van der Waals surface area contributed by atoms with Gasteiger partial charge in [0.25, 0.3) is 5.56 Å². The minimum atomic E-state index is -1.57. The first-order chi connectivity index (χ1) is 12.9. The van der Waals surface area contributed by atoms with E-state index in [2.05, 4.69) is 10.4 Å². The molecule has 3 aromatic rings. The van der Waals surface area contributed by atoms with Gasteiger partial charge in [0.15, 0.2) is 0 Å². The highest BCUT2D eigenvalue weighted by molar-refractivity contribution is 6.31. The molecule has 9 heteroatoms. The number of amides is 1. The summed E-state index contributed by atoms with van der Waals surface area (Å²) in [6.45, 7) is -0.554. The van der Waals surface area contributed by atoms with Crippen molar-refractivity contribution in [1.82, 2.24) is 9.78 Å². The van der Waals surface area contributed by atoms with Crippen LogP contribution in [0.3, 0.4) is 0 Å². The molecule has 0 atom stereocenters. The maximum absolute atomic E-state index is 12.5. The Kier molecular flexibility index (Phi) is 4.88. The quantitative estimate of drug-likeness (QED) is 0.715. The number of benzene rings is 2. The molecule has 0 saturated heterocycles. The number of nitriles is 1. The van der Waals surface area contributed by atoms with Gasteiger partial charge >= 0.3 is 0 Å². The first kappa shape index (κ1) is 18.1. The van der Waals surface area contributed by atoms with Crippen molar-refractivity contribution in [1.29, 1.82) is 5.26 Å². The highest BCUT2D eigenvalue weighted by Crippen LogP contribution is 2.20. The van der Waals surface area contributed by atoms with Crippen molar-refractivity contribution in [3.63, 3.8) is 0 Å². The first-order valence-corrected chi connectivity index (χ1v) is 7.99. The summed E-state index contributed by atoms with van der Waals surface area (Å²) in [6.07, 6.45) is 0. The van der Waals surface area contributed by atoms with Crippen LogP contribution in [-0.4, -0.2) is 21.7 Å². The second kappa shape index (κ2) is 7.27. The molecule has 0 aliphatic heterocycles. The van der Waals surface area contributed by atoms with E-state index in [1.54, 1.807) is 12.1 Å². The zero-order valence-electron chi connectivity index (χ0n) is 13.6. The summed E-state index contributed by atoms with van der Waals surface area (Å²) < 4.78 is 0.736. The monoisotopic (exact) mass is 381 g/mol. The molecule has 0 unspecified atom stereocenters. The number of carboxylic acid groups (broad SMARTS) is 1. The lowest BCUT2D eigenvalue weighted by atomic mass is 10.1. The highest BCUT2D eigenvalue weighted by Gasteiger charge is 2.14. The molecule has 0 radical (unpaired) electrons. The van der Waals surface area contributed by atoms with E-state index >= 15 is 0 Å². The number of fused-ring (bicyclic) bond motifs is 1. The number of hydrogen-bond donors (Lipinski definition) is 1. The lowest BCUT2D eigenvalue weighted by molar-refractivity contribution is -0.255. The lowest BCUT2D eigenvalue weighted by Gasteiger charge is -2.12. The molecule has 0 aliphatic carbocycles. The van der Waals surface area contributed by atoms with Crippen molar-refractivity contribution in [3.8, 4) is 6.07 Å². The third-order valence-corrected chi connectivity index (χ3v) is 3.97. The summed E-state index contributed by atoms with van der Waals surface area (Å²) in [4.78, 5) is 36.1. The number of aromatic carboxylic acids is 1. The normalized spacial score (nSPS) is 10.4. The molecule has 1 N–H and O–H groups in total. The van der Waals surface area contributed by atoms with E-state index < -0.39 is 29.7 Å². The van der Waals surface area contributed by atoms with E-state index in [-0.39, 0.29) is 22.0 Å². The van der Waals surface area contributed by atoms with Crippen LogP contribution in [0.15, 0.2) is 47.3 Å². The second-order valence-corrected chi connectivity index (χ2v) is 5.93. The molecule has 1 heterocycles. The van der Waals surface area contributed by atoms with Gasteiger partial charge in [-0.25, -0.2) is 4.68 Å². The number of rotatable bonds is 4. The zero-order valence-corrected chi connectivity index (χ0v) is 14.4. The van der Waals surface area contributed by atoms with Crippen molar-refractivity contribution < 1.29 is 14.7 Å². The molecule has 134 valence electrons. The Bertz CT molecular complexity index is 1180. The van der Waals surface area contributed by atoms with Crippen LogP contribution in [0.25, 0.3) is 10.8 Å². The fourth-order valence-corrected chi connectivity index (χ4v) is 2.71. The maximum Gasteiger partial charge on any atom is 0.275 e. The maximum atomic E-state index is 12.5. The van der Waals surface area contributed by atoms with E-state index in [4.69, 9.17) is 16.9 Å². The van der Waals surface area contributed by atoms with E-state index in [0.29, 0.717) is 5.02 Å². The molecular weight excluding hydrogens is 372 g/mol. The van der Waals surface area contributed by atoms with Crippen molar-refractivity contribution in [2.24, 2.45) is 0 Å². The lowest BCUT2D eigenvalue weighted by Crippen LogP contribution is -2.34. The van der Waals surface area contributed by atoms with Gasteiger partial charge in [-0.1, -0.05) is 29.8 Å². The Morgan fingerprint density at radius 2 is 1.93 bits per heavy atom. The number of nitrogens with one attached hydrogen (secondary N) is 1. The Labute approximate surface area is 157 Å². The van der Waals surface area contributed by atoms with Gasteiger partial charge in [-0.15, -0.1) is 0 Å².